The summed E-state index contributed by atoms with van der Waals surface area (Å²) < 4.78 is 37.0. The van der Waals surface area contributed by atoms with Crippen molar-refractivity contribution in [2.24, 2.45) is 0 Å². The maximum atomic E-state index is 12.3. The number of nitrogens with one attached hydrogen (secondary N) is 2. The van der Waals surface area contributed by atoms with Crippen LogP contribution in [0.25, 0.3) is 0 Å². The molecule has 0 heterocycles. The largest absolute Gasteiger partial charge is 0.497 e. The Morgan fingerprint density at radius 1 is 1.00 bits per heavy atom. The summed E-state index contributed by atoms with van der Waals surface area (Å²) in [5.74, 6) is -0.626. The molecular weight excluding hydrogens is 432 g/mol. The van der Waals surface area contributed by atoms with Crippen molar-refractivity contribution in [3.63, 3.8) is 0 Å². The van der Waals surface area contributed by atoms with E-state index in [2.05, 4.69) is 30.8 Å². The van der Waals surface area contributed by atoms with Crippen molar-refractivity contribution in [2.45, 2.75) is 50.5 Å². The molecule has 0 radical (unpaired) electrons. The van der Waals surface area contributed by atoms with Crippen molar-refractivity contribution in [3.05, 3.63) is 54.1 Å². The number of carbonyl (C=O) groups excluding carboxylic acids is 2. The van der Waals surface area contributed by atoms with E-state index in [0.717, 1.165) is 5.56 Å². The van der Waals surface area contributed by atoms with Crippen LogP contribution in [0.3, 0.4) is 0 Å². The lowest BCUT2D eigenvalue weighted by Gasteiger charge is -2.19. The van der Waals surface area contributed by atoms with E-state index in [-0.39, 0.29) is 23.3 Å². The monoisotopic (exact) mass is 462 g/mol. The molecule has 2 aromatic carbocycles. The second kappa shape index (κ2) is 10.6. The molecule has 8 nitrogen and oxygen atoms in total. The third-order valence-electron chi connectivity index (χ3n) is 4.69. The van der Waals surface area contributed by atoms with Gasteiger partial charge in [-0.05, 0) is 54.3 Å². The third kappa shape index (κ3) is 7.35. The van der Waals surface area contributed by atoms with Crippen LogP contribution in [0.15, 0.2) is 53.4 Å². The number of benzene rings is 2. The van der Waals surface area contributed by atoms with E-state index in [1.807, 2.05) is 12.1 Å². The lowest BCUT2D eigenvalue weighted by molar-refractivity contribution is -0.152. The maximum Gasteiger partial charge on any atom is 0.307 e. The van der Waals surface area contributed by atoms with Crippen LogP contribution in [0.5, 0.6) is 5.75 Å². The van der Waals surface area contributed by atoms with Gasteiger partial charge in [0.25, 0.3) is 5.91 Å². The van der Waals surface area contributed by atoms with Gasteiger partial charge in [0.2, 0.25) is 10.0 Å². The Kier molecular flexibility index (Phi) is 8.40. The van der Waals surface area contributed by atoms with Crippen LogP contribution in [0.1, 0.15) is 39.7 Å². The molecule has 2 rings (SSSR count). The van der Waals surface area contributed by atoms with Gasteiger partial charge in [0.05, 0.1) is 18.4 Å². The summed E-state index contributed by atoms with van der Waals surface area (Å²) in [5.41, 5.74) is 1.73. The van der Waals surface area contributed by atoms with Gasteiger partial charge in [-0.2, -0.15) is 0 Å². The van der Waals surface area contributed by atoms with Crippen molar-refractivity contribution in [2.75, 3.05) is 19.0 Å². The molecule has 0 bridgehead atoms. The van der Waals surface area contributed by atoms with Crippen LogP contribution in [0.2, 0.25) is 0 Å². The standard InChI is InChI=1S/C23H30N2O6S/c1-16(22(27)25-18-8-6-17(7-9-18)23(2,3)4)31-21(26)14-15-24-32(28,29)20-12-10-19(30-5)11-13-20/h6-13,16,24H,14-15H2,1-5H3,(H,25,27). The number of amides is 1. The van der Waals surface area contributed by atoms with Crippen LogP contribution in [0, 0.1) is 0 Å². The molecule has 0 fully saturated rings. The number of methoxy groups -OCH3 is 1. The molecule has 0 saturated heterocycles. The summed E-state index contributed by atoms with van der Waals surface area (Å²) in [5, 5.41) is 2.70. The smallest absolute Gasteiger partial charge is 0.307 e. The summed E-state index contributed by atoms with van der Waals surface area (Å²) in [6.07, 6.45) is -1.24. The van der Waals surface area contributed by atoms with Gasteiger partial charge in [0.1, 0.15) is 5.75 Å². The number of rotatable bonds is 9. The van der Waals surface area contributed by atoms with Crippen molar-refractivity contribution in [1.82, 2.24) is 4.72 Å². The Balaban J connectivity index is 1.81. The Bertz CT molecular complexity index is 1030. The molecule has 1 unspecified atom stereocenters. The Morgan fingerprint density at radius 2 is 1.59 bits per heavy atom. The lowest BCUT2D eigenvalue weighted by Crippen LogP contribution is -2.32. The van der Waals surface area contributed by atoms with E-state index in [9.17, 15) is 18.0 Å². The quantitative estimate of drug-likeness (QED) is 0.554. The van der Waals surface area contributed by atoms with Crippen LogP contribution >= 0.6 is 0 Å². The molecule has 1 atom stereocenters. The van der Waals surface area contributed by atoms with Crippen LogP contribution in [-0.4, -0.2) is 40.1 Å². The predicted octanol–water partition coefficient (Wildman–Crippen LogP) is 3.23. The summed E-state index contributed by atoms with van der Waals surface area (Å²) in [6.45, 7) is 7.59. The minimum atomic E-state index is -3.77. The van der Waals surface area contributed by atoms with Crippen molar-refractivity contribution >= 4 is 27.6 Å². The van der Waals surface area contributed by atoms with Gasteiger partial charge in [0, 0.05) is 12.2 Å². The first-order chi connectivity index (χ1) is 14.9. The summed E-state index contributed by atoms with van der Waals surface area (Å²) in [4.78, 5) is 24.4. The predicted molar refractivity (Wildman–Crippen MR) is 122 cm³/mol. The second-order valence-electron chi connectivity index (χ2n) is 8.27. The maximum absolute atomic E-state index is 12.3. The molecule has 0 spiro atoms. The van der Waals surface area contributed by atoms with Crippen molar-refractivity contribution in [1.29, 1.82) is 0 Å². The summed E-state index contributed by atoms with van der Waals surface area (Å²) in [7, 11) is -2.29. The van der Waals surface area contributed by atoms with E-state index in [1.165, 1.54) is 38.3 Å². The van der Waals surface area contributed by atoms with E-state index >= 15 is 0 Å². The first-order valence-electron chi connectivity index (χ1n) is 10.2. The van der Waals surface area contributed by atoms with Crippen molar-refractivity contribution < 1.29 is 27.5 Å². The number of anilines is 1. The van der Waals surface area contributed by atoms with Crippen LogP contribution in [0.4, 0.5) is 5.69 Å². The fourth-order valence-corrected chi connectivity index (χ4v) is 3.76. The van der Waals surface area contributed by atoms with Gasteiger partial charge in [-0.1, -0.05) is 32.9 Å². The summed E-state index contributed by atoms with van der Waals surface area (Å²) in [6, 6.07) is 13.3. The molecule has 32 heavy (non-hydrogen) atoms. The zero-order chi connectivity index (χ0) is 23.9. The number of carbonyl (C=O) groups is 2. The molecule has 2 aromatic rings. The highest BCUT2D eigenvalue weighted by Crippen LogP contribution is 2.23. The minimum absolute atomic E-state index is 0.000250. The molecule has 0 aliphatic heterocycles. The first-order valence-corrected chi connectivity index (χ1v) is 11.7. The zero-order valence-electron chi connectivity index (χ0n) is 19.0. The van der Waals surface area contributed by atoms with E-state index in [4.69, 9.17) is 9.47 Å². The lowest BCUT2D eigenvalue weighted by atomic mass is 9.87. The Labute approximate surface area is 189 Å². The Hall–Kier alpha value is -2.91. The van der Waals surface area contributed by atoms with Gasteiger partial charge in [-0.15, -0.1) is 0 Å². The van der Waals surface area contributed by atoms with Gasteiger partial charge >= 0.3 is 5.97 Å². The van der Waals surface area contributed by atoms with Crippen LogP contribution < -0.4 is 14.8 Å². The SMILES string of the molecule is COc1ccc(S(=O)(=O)NCCC(=O)OC(C)C(=O)Nc2ccc(C(C)(C)C)cc2)cc1. The van der Waals surface area contributed by atoms with Gasteiger partial charge < -0.3 is 14.8 Å². The minimum Gasteiger partial charge on any atom is -0.497 e. The molecule has 1 amide bonds. The van der Waals surface area contributed by atoms with Gasteiger partial charge in [0.15, 0.2) is 6.10 Å². The van der Waals surface area contributed by atoms with Crippen LogP contribution in [-0.2, 0) is 29.8 Å². The fourth-order valence-electron chi connectivity index (χ4n) is 2.73. The molecule has 174 valence electrons. The highest BCUT2D eigenvalue weighted by molar-refractivity contribution is 7.89. The van der Waals surface area contributed by atoms with E-state index < -0.39 is 28.0 Å². The molecule has 0 aromatic heterocycles. The number of hydrogen-bond donors (Lipinski definition) is 2. The zero-order valence-corrected chi connectivity index (χ0v) is 19.8. The second-order valence-corrected chi connectivity index (χ2v) is 10.0. The first kappa shape index (κ1) is 25.4. The molecular formula is C23H30N2O6S. The van der Waals surface area contributed by atoms with E-state index in [0.29, 0.717) is 11.4 Å². The number of esters is 1. The molecule has 9 heteroatoms. The van der Waals surface area contributed by atoms with Crippen molar-refractivity contribution in [3.8, 4) is 5.75 Å². The number of ether oxygens (including phenoxy) is 2. The average molecular weight is 463 g/mol. The van der Waals surface area contributed by atoms with Gasteiger partial charge in [-0.25, -0.2) is 13.1 Å². The molecule has 0 aliphatic carbocycles. The highest BCUT2D eigenvalue weighted by Gasteiger charge is 2.20. The number of sulfonamides is 1. The molecule has 2 N–H and O–H groups in total. The van der Waals surface area contributed by atoms with Gasteiger partial charge in [-0.3, -0.25) is 9.59 Å². The molecule has 0 aliphatic rings. The Morgan fingerprint density at radius 3 is 2.12 bits per heavy atom. The van der Waals surface area contributed by atoms with E-state index in [1.54, 1.807) is 12.1 Å². The average Bonchev–Trinajstić information content (AvgIpc) is 2.73. The number of hydrogen-bond acceptors (Lipinski definition) is 6. The fraction of sp³-hybridized carbons (Fsp3) is 0.391. The molecule has 0 saturated carbocycles. The normalized spacial score (nSPS) is 12.7. The highest BCUT2D eigenvalue weighted by atomic mass is 32.2. The third-order valence-corrected chi connectivity index (χ3v) is 6.16. The summed E-state index contributed by atoms with van der Waals surface area (Å²) >= 11 is 0. The topological polar surface area (TPSA) is 111 Å².